The van der Waals surface area contributed by atoms with Crippen LogP contribution in [0, 0.1) is 0 Å². The molecular weight excluding hydrogens is 456 g/mol. The van der Waals surface area contributed by atoms with E-state index >= 15 is 0 Å². The van der Waals surface area contributed by atoms with Gasteiger partial charge in [-0.15, -0.1) is 0 Å². The Balaban J connectivity index is 3.29. The standard InChI is InChI=1S/C24H44N4O7/c1-2-21(29)10-14-26-11-5-15-33-17-19-35-20-18-34-16-6-13-28-24(32)9-3-8-23(31)27-12-4-7-22(25)30/h4,7,26H,2-3,5-6,8-20H2,1H3,(H2,25,30)(H,27,31)(H,28,32)/b7-4+. The van der Waals surface area contributed by atoms with Crippen LogP contribution >= 0.6 is 0 Å². The highest BCUT2D eigenvalue weighted by atomic mass is 16.5. The first kappa shape index (κ1) is 32.7. The van der Waals surface area contributed by atoms with Gasteiger partial charge in [-0.05, 0) is 25.8 Å². The van der Waals surface area contributed by atoms with Gasteiger partial charge >= 0.3 is 0 Å². The van der Waals surface area contributed by atoms with Gasteiger partial charge < -0.3 is 35.9 Å². The summed E-state index contributed by atoms with van der Waals surface area (Å²) in [4.78, 5) is 45.0. The van der Waals surface area contributed by atoms with Gasteiger partial charge in [0.15, 0.2) is 0 Å². The summed E-state index contributed by atoms with van der Waals surface area (Å²) in [5.41, 5.74) is 4.94. The van der Waals surface area contributed by atoms with Crippen LogP contribution < -0.4 is 21.7 Å². The van der Waals surface area contributed by atoms with Crippen LogP contribution in [-0.4, -0.2) is 89.3 Å². The lowest BCUT2D eigenvalue weighted by Gasteiger charge is -2.08. The van der Waals surface area contributed by atoms with E-state index < -0.39 is 5.91 Å². The van der Waals surface area contributed by atoms with Gasteiger partial charge in [-0.3, -0.25) is 19.2 Å². The van der Waals surface area contributed by atoms with Crippen molar-refractivity contribution >= 4 is 23.5 Å². The third kappa shape index (κ3) is 26.1. The van der Waals surface area contributed by atoms with Gasteiger partial charge in [-0.1, -0.05) is 13.0 Å². The molecule has 11 heteroatoms. The molecule has 0 atom stereocenters. The first-order chi connectivity index (χ1) is 17.0. The predicted octanol–water partition coefficient (Wildman–Crippen LogP) is 0.219. The summed E-state index contributed by atoms with van der Waals surface area (Å²) < 4.78 is 16.4. The van der Waals surface area contributed by atoms with Crippen molar-refractivity contribution in [1.29, 1.82) is 0 Å². The molecule has 0 radical (unpaired) electrons. The zero-order valence-corrected chi connectivity index (χ0v) is 21.1. The largest absolute Gasteiger partial charge is 0.379 e. The number of hydrogen-bond acceptors (Lipinski definition) is 8. The van der Waals surface area contributed by atoms with Crippen molar-refractivity contribution in [3.05, 3.63) is 12.2 Å². The summed E-state index contributed by atoms with van der Waals surface area (Å²) in [7, 11) is 0. The molecule has 0 heterocycles. The van der Waals surface area contributed by atoms with Crippen molar-refractivity contribution in [3.8, 4) is 0 Å². The highest BCUT2D eigenvalue weighted by Gasteiger charge is 2.04. The first-order valence-corrected chi connectivity index (χ1v) is 12.4. The van der Waals surface area contributed by atoms with E-state index in [-0.39, 0.29) is 37.0 Å². The van der Waals surface area contributed by atoms with Crippen molar-refractivity contribution in [2.24, 2.45) is 5.73 Å². The van der Waals surface area contributed by atoms with Crippen LogP contribution in [0.3, 0.4) is 0 Å². The zero-order chi connectivity index (χ0) is 26.0. The smallest absolute Gasteiger partial charge is 0.241 e. The van der Waals surface area contributed by atoms with E-state index in [1.54, 1.807) is 0 Å². The van der Waals surface area contributed by atoms with Crippen molar-refractivity contribution in [2.75, 3.05) is 65.8 Å². The number of carbonyl (C=O) groups excluding carboxylic acids is 4. The van der Waals surface area contributed by atoms with Gasteiger partial charge in [-0.2, -0.15) is 0 Å². The monoisotopic (exact) mass is 500 g/mol. The fourth-order valence-electron chi connectivity index (χ4n) is 2.71. The SMILES string of the molecule is CCC(=O)CCNCCCOCCOCCOCCCNC(=O)CCCC(=O)NC/C=C/C(N)=O. The van der Waals surface area contributed by atoms with E-state index in [2.05, 4.69) is 16.0 Å². The summed E-state index contributed by atoms with van der Waals surface area (Å²) in [6, 6.07) is 0. The fraction of sp³-hybridized carbons (Fsp3) is 0.750. The van der Waals surface area contributed by atoms with E-state index in [0.717, 1.165) is 19.5 Å². The molecule has 0 aliphatic heterocycles. The summed E-state index contributed by atoms with van der Waals surface area (Å²) in [5.74, 6) is -0.565. The number of hydrogen-bond donors (Lipinski definition) is 4. The second-order valence-corrected chi connectivity index (χ2v) is 7.75. The number of ether oxygens (including phenoxy) is 3. The Hall–Kier alpha value is -2.34. The lowest BCUT2D eigenvalue weighted by molar-refractivity contribution is -0.122. The van der Waals surface area contributed by atoms with Crippen LogP contribution in [0.25, 0.3) is 0 Å². The minimum absolute atomic E-state index is 0.0999. The van der Waals surface area contributed by atoms with Gasteiger partial charge in [-0.25, -0.2) is 0 Å². The molecule has 0 aromatic heterocycles. The molecule has 0 fully saturated rings. The maximum Gasteiger partial charge on any atom is 0.241 e. The predicted molar refractivity (Wildman–Crippen MR) is 133 cm³/mol. The average molecular weight is 501 g/mol. The van der Waals surface area contributed by atoms with Crippen molar-refractivity contribution in [2.45, 2.75) is 51.9 Å². The Bertz CT molecular complexity index is 615. The van der Waals surface area contributed by atoms with Crippen LogP contribution in [0.15, 0.2) is 12.2 Å². The normalized spacial score (nSPS) is 11.0. The maximum absolute atomic E-state index is 11.7. The lowest BCUT2D eigenvalue weighted by Crippen LogP contribution is -2.26. The molecule has 0 saturated carbocycles. The Morgan fingerprint density at radius 1 is 0.714 bits per heavy atom. The highest BCUT2D eigenvalue weighted by molar-refractivity contribution is 5.85. The Morgan fingerprint density at radius 3 is 1.89 bits per heavy atom. The molecule has 0 aliphatic rings. The van der Waals surface area contributed by atoms with E-state index in [9.17, 15) is 19.2 Å². The molecule has 0 spiro atoms. The number of amides is 3. The Labute approximate surface area is 208 Å². The molecule has 202 valence electrons. The summed E-state index contributed by atoms with van der Waals surface area (Å²) in [6.45, 7) is 7.39. The Kier molecular flexibility index (Phi) is 23.1. The molecule has 0 aliphatic carbocycles. The quantitative estimate of drug-likeness (QED) is 0.102. The second kappa shape index (κ2) is 24.8. The van der Waals surface area contributed by atoms with Gasteiger partial charge in [0.05, 0.1) is 26.4 Å². The summed E-state index contributed by atoms with van der Waals surface area (Å²) in [5, 5.41) is 8.62. The molecule has 0 bridgehead atoms. The summed E-state index contributed by atoms with van der Waals surface area (Å²) in [6.07, 6.45) is 6.40. The zero-order valence-electron chi connectivity index (χ0n) is 21.1. The highest BCUT2D eigenvalue weighted by Crippen LogP contribution is 1.96. The lowest BCUT2D eigenvalue weighted by atomic mass is 10.2. The van der Waals surface area contributed by atoms with Crippen LogP contribution in [0.2, 0.25) is 0 Å². The van der Waals surface area contributed by atoms with E-state index in [1.165, 1.54) is 12.2 Å². The second-order valence-electron chi connectivity index (χ2n) is 7.75. The number of Topliss-reactive ketones (excluding diaryl/α,β-unsaturated/α-hetero) is 1. The van der Waals surface area contributed by atoms with E-state index in [0.29, 0.717) is 71.9 Å². The topological polar surface area (TPSA) is 158 Å². The van der Waals surface area contributed by atoms with Crippen molar-refractivity contribution in [1.82, 2.24) is 16.0 Å². The maximum atomic E-state index is 11.7. The number of ketones is 1. The third-order valence-corrected chi connectivity index (χ3v) is 4.66. The van der Waals surface area contributed by atoms with Crippen LogP contribution in [0.5, 0.6) is 0 Å². The molecule has 0 rings (SSSR count). The van der Waals surface area contributed by atoms with E-state index in [4.69, 9.17) is 19.9 Å². The molecule has 11 nitrogen and oxygen atoms in total. The number of nitrogens with one attached hydrogen (secondary N) is 3. The molecule has 0 aromatic carbocycles. The number of rotatable bonds is 25. The van der Waals surface area contributed by atoms with Crippen molar-refractivity contribution < 1.29 is 33.4 Å². The fourth-order valence-corrected chi connectivity index (χ4v) is 2.71. The van der Waals surface area contributed by atoms with Crippen LogP contribution in [0.1, 0.15) is 51.9 Å². The minimum Gasteiger partial charge on any atom is -0.379 e. The Morgan fingerprint density at radius 2 is 1.29 bits per heavy atom. The minimum atomic E-state index is -0.564. The third-order valence-electron chi connectivity index (χ3n) is 4.66. The van der Waals surface area contributed by atoms with Gasteiger partial charge in [0.25, 0.3) is 0 Å². The molecule has 0 saturated heterocycles. The molecule has 3 amide bonds. The molecule has 0 unspecified atom stereocenters. The van der Waals surface area contributed by atoms with Gasteiger partial charge in [0.1, 0.15) is 5.78 Å². The van der Waals surface area contributed by atoms with Gasteiger partial charge in [0.2, 0.25) is 17.7 Å². The number of primary amides is 1. The average Bonchev–Trinajstić information content (AvgIpc) is 2.83. The molecule has 0 aromatic rings. The molecule has 35 heavy (non-hydrogen) atoms. The number of carbonyl (C=O) groups is 4. The van der Waals surface area contributed by atoms with Gasteiger partial charge in [0, 0.05) is 64.6 Å². The summed E-state index contributed by atoms with van der Waals surface area (Å²) >= 11 is 0. The van der Waals surface area contributed by atoms with E-state index in [1.807, 2.05) is 6.92 Å². The van der Waals surface area contributed by atoms with Crippen molar-refractivity contribution in [3.63, 3.8) is 0 Å². The van der Waals surface area contributed by atoms with Crippen LogP contribution in [-0.2, 0) is 33.4 Å². The molecule has 5 N–H and O–H groups in total. The first-order valence-electron chi connectivity index (χ1n) is 12.4. The number of nitrogens with two attached hydrogens (primary N) is 1. The molecular formula is C24H44N4O7. The van der Waals surface area contributed by atoms with Crippen LogP contribution in [0.4, 0.5) is 0 Å².